The van der Waals surface area contributed by atoms with E-state index in [1.165, 1.54) is 24.3 Å². The van der Waals surface area contributed by atoms with E-state index in [1.807, 2.05) is 6.92 Å². The highest BCUT2D eigenvalue weighted by molar-refractivity contribution is 7.89. The second kappa shape index (κ2) is 10.3. The van der Waals surface area contributed by atoms with Gasteiger partial charge in [0.25, 0.3) is 0 Å². The Labute approximate surface area is 180 Å². The lowest BCUT2D eigenvalue weighted by Crippen LogP contribution is -2.35. The van der Waals surface area contributed by atoms with Gasteiger partial charge >= 0.3 is 13.9 Å². The van der Waals surface area contributed by atoms with Crippen molar-refractivity contribution in [3.8, 4) is 5.75 Å². The largest absolute Gasteiger partial charge is 0.524 e. The summed E-state index contributed by atoms with van der Waals surface area (Å²) in [6.07, 6.45) is -0.738. The standard InChI is InChI=1S/C19H25N2O8PS/c1-13-10-14(2)18(15(3)11-13)31(26,27)21-9-8-20-19(22)28-12-16-4-6-17(7-5-16)29-30(23,24)25/h4-7,10-11,21H,8-9,12H2,1-3H3,(H,20,22)(H2,23,24,25). The van der Waals surface area contributed by atoms with E-state index in [0.717, 1.165) is 5.56 Å². The summed E-state index contributed by atoms with van der Waals surface area (Å²) >= 11 is 0. The van der Waals surface area contributed by atoms with Crippen LogP contribution in [0.4, 0.5) is 4.79 Å². The molecule has 31 heavy (non-hydrogen) atoms. The first-order valence-electron chi connectivity index (χ1n) is 9.19. The van der Waals surface area contributed by atoms with Gasteiger partial charge in [0, 0.05) is 13.1 Å². The van der Waals surface area contributed by atoms with Crippen LogP contribution in [-0.4, -0.2) is 37.4 Å². The SMILES string of the molecule is Cc1cc(C)c(S(=O)(=O)NCCNC(=O)OCc2ccc(OP(=O)(O)O)cc2)c(C)c1. The quantitative estimate of drug-likeness (QED) is 0.321. The van der Waals surface area contributed by atoms with E-state index in [2.05, 4.69) is 14.6 Å². The third kappa shape index (κ3) is 7.97. The smallest absolute Gasteiger partial charge is 0.445 e. The monoisotopic (exact) mass is 472 g/mol. The van der Waals surface area contributed by atoms with E-state index in [0.29, 0.717) is 16.7 Å². The second-order valence-electron chi connectivity index (χ2n) is 6.85. The lowest BCUT2D eigenvalue weighted by molar-refractivity contribution is 0.140. The van der Waals surface area contributed by atoms with Crippen LogP contribution in [0, 0.1) is 20.8 Å². The van der Waals surface area contributed by atoms with Gasteiger partial charge in [-0.15, -0.1) is 0 Å². The molecular formula is C19H25N2O8PS. The highest BCUT2D eigenvalue weighted by Crippen LogP contribution is 2.37. The molecule has 0 spiro atoms. The highest BCUT2D eigenvalue weighted by atomic mass is 32.2. The molecule has 0 aromatic heterocycles. The number of nitrogens with one attached hydrogen (secondary N) is 2. The Bertz CT molecular complexity index is 1060. The Morgan fingerprint density at radius 1 is 1.03 bits per heavy atom. The Hall–Kier alpha value is -2.43. The lowest BCUT2D eigenvalue weighted by atomic mass is 10.1. The summed E-state index contributed by atoms with van der Waals surface area (Å²) in [4.78, 5) is 29.5. The molecule has 4 N–H and O–H groups in total. The van der Waals surface area contributed by atoms with Crippen molar-refractivity contribution in [1.82, 2.24) is 10.0 Å². The van der Waals surface area contributed by atoms with Gasteiger partial charge in [-0.25, -0.2) is 22.5 Å². The Morgan fingerprint density at radius 3 is 2.16 bits per heavy atom. The van der Waals surface area contributed by atoms with Gasteiger partial charge in [0.15, 0.2) is 0 Å². The summed E-state index contributed by atoms with van der Waals surface area (Å²) in [6, 6.07) is 9.22. The number of benzene rings is 2. The van der Waals surface area contributed by atoms with Gasteiger partial charge in [-0.1, -0.05) is 29.8 Å². The Balaban J connectivity index is 1.78. The van der Waals surface area contributed by atoms with Crippen LogP contribution in [0.2, 0.25) is 0 Å². The summed E-state index contributed by atoms with van der Waals surface area (Å²) in [5.41, 5.74) is 2.84. The molecule has 10 nitrogen and oxygen atoms in total. The molecule has 0 saturated heterocycles. The summed E-state index contributed by atoms with van der Waals surface area (Å²) in [5, 5.41) is 2.44. The maximum atomic E-state index is 12.5. The van der Waals surface area contributed by atoms with Crippen molar-refractivity contribution >= 4 is 23.9 Å². The van der Waals surface area contributed by atoms with Crippen LogP contribution in [0.15, 0.2) is 41.3 Å². The van der Waals surface area contributed by atoms with Crippen LogP contribution < -0.4 is 14.6 Å². The van der Waals surface area contributed by atoms with Crippen LogP contribution in [0.25, 0.3) is 0 Å². The summed E-state index contributed by atoms with van der Waals surface area (Å²) < 4.78 is 47.7. The predicted molar refractivity (Wildman–Crippen MR) is 113 cm³/mol. The van der Waals surface area contributed by atoms with E-state index in [9.17, 15) is 17.8 Å². The number of aryl methyl sites for hydroxylation is 3. The normalized spacial score (nSPS) is 11.8. The fourth-order valence-electron chi connectivity index (χ4n) is 3.00. The molecule has 0 saturated carbocycles. The van der Waals surface area contributed by atoms with E-state index < -0.39 is 23.9 Å². The van der Waals surface area contributed by atoms with Crippen LogP contribution in [0.5, 0.6) is 5.75 Å². The van der Waals surface area contributed by atoms with E-state index in [4.69, 9.17) is 14.5 Å². The number of rotatable bonds is 9. The molecule has 12 heteroatoms. The number of phosphoric ester groups is 1. The van der Waals surface area contributed by atoms with Gasteiger partial charge in [0.2, 0.25) is 10.0 Å². The average molecular weight is 472 g/mol. The number of carbonyl (C=O) groups excluding carboxylic acids is 1. The van der Waals surface area contributed by atoms with Crippen LogP contribution in [-0.2, 0) is 25.9 Å². The van der Waals surface area contributed by atoms with Gasteiger partial charge < -0.3 is 14.6 Å². The minimum absolute atomic E-state index is 0.0153. The van der Waals surface area contributed by atoms with Crippen molar-refractivity contribution in [1.29, 1.82) is 0 Å². The molecular weight excluding hydrogens is 447 g/mol. The Kier molecular flexibility index (Phi) is 8.21. The first kappa shape index (κ1) is 24.8. The van der Waals surface area contributed by atoms with Crippen molar-refractivity contribution in [2.24, 2.45) is 0 Å². The van der Waals surface area contributed by atoms with Crippen molar-refractivity contribution in [3.63, 3.8) is 0 Å². The molecule has 0 heterocycles. The molecule has 0 aliphatic rings. The number of alkyl carbamates (subject to hydrolysis) is 1. The molecule has 0 radical (unpaired) electrons. The van der Waals surface area contributed by atoms with Gasteiger partial charge in [0.05, 0.1) is 4.90 Å². The van der Waals surface area contributed by atoms with E-state index in [-0.39, 0.29) is 30.3 Å². The molecule has 0 fully saturated rings. The number of hydrogen-bond donors (Lipinski definition) is 4. The molecule has 0 aliphatic carbocycles. The molecule has 2 rings (SSSR count). The zero-order valence-electron chi connectivity index (χ0n) is 17.3. The van der Waals surface area contributed by atoms with E-state index in [1.54, 1.807) is 26.0 Å². The fraction of sp³-hybridized carbons (Fsp3) is 0.316. The fourth-order valence-corrected chi connectivity index (χ4v) is 4.87. The third-order valence-corrected chi connectivity index (χ3v) is 6.29. The molecule has 2 aromatic carbocycles. The molecule has 170 valence electrons. The first-order chi connectivity index (χ1) is 14.4. The zero-order chi connectivity index (χ0) is 23.2. The predicted octanol–water partition coefficient (Wildman–Crippen LogP) is 2.29. The molecule has 2 aromatic rings. The minimum atomic E-state index is -4.63. The lowest BCUT2D eigenvalue weighted by Gasteiger charge is -2.13. The van der Waals surface area contributed by atoms with E-state index >= 15 is 0 Å². The molecule has 0 aliphatic heterocycles. The minimum Gasteiger partial charge on any atom is -0.445 e. The molecule has 0 unspecified atom stereocenters. The van der Waals surface area contributed by atoms with Gasteiger partial charge in [-0.2, -0.15) is 0 Å². The number of carbonyl (C=O) groups is 1. The first-order valence-corrected chi connectivity index (χ1v) is 12.2. The Morgan fingerprint density at radius 2 is 1.61 bits per heavy atom. The van der Waals surface area contributed by atoms with Crippen LogP contribution in [0.1, 0.15) is 22.3 Å². The van der Waals surface area contributed by atoms with Gasteiger partial charge in [0.1, 0.15) is 12.4 Å². The molecule has 1 amide bonds. The number of phosphoric acid groups is 1. The number of amides is 1. The maximum Gasteiger partial charge on any atom is 0.524 e. The average Bonchev–Trinajstić information content (AvgIpc) is 2.62. The molecule has 0 bridgehead atoms. The number of sulfonamides is 1. The van der Waals surface area contributed by atoms with Crippen molar-refractivity contribution in [2.75, 3.05) is 13.1 Å². The highest BCUT2D eigenvalue weighted by Gasteiger charge is 2.19. The molecule has 0 atom stereocenters. The second-order valence-corrected chi connectivity index (χ2v) is 9.72. The summed E-state index contributed by atoms with van der Waals surface area (Å²) in [7, 11) is -8.35. The van der Waals surface area contributed by atoms with Crippen molar-refractivity contribution in [3.05, 3.63) is 58.7 Å². The topological polar surface area (TPSA) is 151 Å². The van der Waals surface area contributed by atoms with Gasteiger partial charge in [-0.3, -0.25) is 9.79 Å². The van der Waals surface area contributed by atoms with Crippen LogP contribution >= 0.6 is 7.82 Å². The maximum absolute atomic E-state index is 12.5. The number of ether oxygens (including phenoxy) is 1. The third-order valence-electron chi connectivity index (χ3n) is 4.08. The van der Waals surface area contributed by atoms with Gasteiger partial charge in [-0.05, 0) is 49.6 Å². The number of hydrogen-bond acceptors (Lipinski definition) is 6. The summed E-state index contributed by atoms with van der Waals surface area (Å²) in [5.74, 6) is -0.0205. The van der Waals surface area contributed by atoms with Crippen LogP contribution in [0.3, 0.4) is 0 Å². The zero-order valence-corrected chi connectivity index (χ0v) is 19.0. The van der Waals surface area contributed by atoms with Crippen molar-refractivity contribution < 1.29 is 36.8 Å². The summed E-state index contributed by atoms with van der Waals surface area (Å²) in [6.45, 7) is 5.28. The van der Waals surface area contributed by atoms with Crippen molar-refractivity contribution in [2.45, 2.75) is 32.3 Å².